The van der Waals surface area contributed by atoms with Gasteiger partial charge in [0.15, 0.2) is 0 Å². The zero-order chi connectivity index (χ0) is 25.2. The summed E-state index contributed by atoms with van der Waals surface area (Å²) in [6.07, 6.45) is 1.70. The molecule has 0 saturated carbocycles. The Kier molecular flexibility index (Phi) is 7.62. The van der Waals surface area contributed by atoms with Gasteiger partial charge in [-0.3, -0.25) is 4.79 Å². The van der Waals surface area contributed by atoms with Crippen molar-refractivity contribution in [2.24, 2.45) is 11.7 Å². The highest BCUT2D eigenvalue weighted by molar-refractivity contribution is 7.89. The van der Waals surface area contributed by atoms with Gasteiger partial charge in [0.1, 0.15) is 0 Å². The molecule has 2 heterocycles. The molecule has 2 aliphatic rings. The molecule has 0 aliphatic carbocycles. The molecule has 0 spiro atoms. The molecule has 0 bridgehead atoms. The molecule has 2 saturated heterocycles. The summed E-state index contributed by atoms with van der Waals surface area (Å²) in [5, 5.41) is 0. The molecular formula is C24H32N4O5S2. The van der Waals surface area contributed by atoms with Crippen LogP contribution in [0.3, 0.4) is 0 Å². The van der Waals surface area contributed by atoms with Gasteiger partial charge in [0.05, 0.1) is 17.1 Å². The lowest BCUT2D eigenvalue weighted by molar-refractivity contribution is -0.138. The van der Waals surface area contributed by atoms with Gasteiger partial charge in [0, 0.05) is 45.8 Å². The topological polar surface area (TPSA) is 121 Å². The number of sulfonamides is 2. The zero-order valence-electron chi connectivity index (χ0n) is 19.8. The highest BCUT2D eigenvalue weighted by Crippen LogP contribution is 2.34. The summed E-state index contributed by atoms with van der Waals surface area (Å²) in [6, 6.07) is 16.3. The molecule has 2 aromatic rings. The number of nitrogens with two attached hydrogens (primary N) is 1. The van der Waals surface area contributed by atoms with E-state index in [1.54, 1.807) is 29.2 Å². The van der Waals surface area contributed by atoms with E-state index in [-0.39, 0.29) is 49.4 Å². The van der Waals surface area contributed by atoms with Gasteiger partial charge in [-0.1, -0.05) is 42.5 Å². The third-order valence-electron chi connectivity index (χ3n) is 6.83. The van der Waals surface area contributed by atoms with Crippen LogP contribution in [0, 0.1) is 5.92 Å². The first-order valence-electron chi connectivity index (χ1n) is 11.7. The molecule has 1 amide bonds. The third kappa shape index (κ3) is 5.75. The summed E-state index contributed by atoms with van der Waals surface area (Å²) in [5.41, 5.74) is 7.43. The van der Waals surface area contributed by atoms with Gasteiger partial charge >= 0.3 is 0 Å². The number of carbonyl (C=O) groups excluding carboxylic acids is 1. The Morgan fingerprint density at radius 1 is 0.914 bits per heavy atom. The number of hydrogen-bond donors (Lipinski definition) is 1. The average Bonchev–Trinajstić information content (AvgIpc) is 2.88. The molecule has 190 valence electrons. The van der Waals surface area contributed by atoms with Gasteiger partial charge in [-0.15, -0.1) is 0 Å². The SMILES string of the molecule is CS(=O)(=O)N1CCN(C(=O)[C@H]2C[C@@H](c3ccccc3)CN(S(=O)(=O)c3cccc(CN)c3)C2)CC1. The molecule has 2 N–H and O–H groups in total. The van der Waals surface area contributed by atoms with E-state index >= 15 is 0 Å². The number of piperazine rings is 1. The van der Waals surface area contributed by atoms with E-state index < -0.39 is 26.0 Å². The van der Waals surface area contributed by atoms with Gasteiger partial charge in [-0.05, 0) is 35.6 Å². The van der Waals surface area contributed by atoms with Crippen molar-refractivity contribution in [1.29, 1.82) is 0 Å². The molecule has 2 atom stereocenters. The smallest absolute Gasteiger partial charge is 0.243 e. The minimum atomic E-state index is -3.84. The van der Waals surface area contributed by atoms with Gasteiger partial charge in [0.2, 0.25) is 26.0 Å². The predicted molar refractivity (Wildman–Crippen MR) is 133 cm³/mol. The fourth-order valence-corrected chi connectivity index (χ4v) is 7.31. The van der Waals surface area contributed by atoms with E-state index in [4.69, 9.17) is 5.73 Å². The van der Waals surface area contributed by atoms with Gasteiger partial charge in [-0.2, -0.15) is 8.61 Å². The third-order valence-corrected chi connectivity index (χ3v) is 9.96. The minimum Gasteiger partial charge on any atom is -0.340 e. The van der Waals surface area contributed by atoms with Crippen LogP contribution in [0.15, 0.2) is 59.5 Å². The number of rotatable bonds is 6. The van der Waals surface area contributed by atoms with Crippen LogP contribution in [0.4, 0.5) is 0 Å². The zero-order valence-corrected chi connectivity index (χ0v) is 21.4. The highest BCUT2D eigenvalue weighted by atomic mass is 32.2. The fourth-order valence-electron chi connectivity index (χ4n) is 4.88. The standard InChI is InChI=1S/C24H32N4O5S2/c1-34(30,31)27-12-10-26(11-13-27)24(29)22-15-21(20-7-3-2-4-8-20)17-28(18-22)35(32,33)23-9-5-6-19(14-23)16-25/h2-9,14,21-22H,10-13,15-18,25H2,1H3/t21-,22+/m1/s1. The van der Waals surface area contributed by atoms with Crippen LogP contribution in [0.2, 0.25) is 0 Å². The second-order valence-corrected chi connectivity index (χ2v) is 13.1. The maximum Gasteiger partial charge on any atom is 0.243 e. The summed E-state index contributed by atoms with van der Waals surface area (Å²) in [5.74, 6) is -0.787. The van der Waals surface area contributed by atoms with Crippen LogP contribution >= 0.6 is 0 Å². The van der Waals surface area contributed by atoms with Crippen molar-refractivity contribution in [2.45, 2.75) is 23.8 Å². The van der Waals surface area contributed by atoms with Crippen molar-refractivity contribution in [3.8, 4) is 0 Å². The molecule has 9 nitrogen and oxygen atoms in total. The van der Waals surface area contributed by atoms with E-state index in [2.05, 4.69) is 0 Å². The van der Waals surface area contributed by atoms with Crippen molar-refractivity contribution in [3.05, 3.63) is 65.7 Å². The molecule has 2 fully saturated rings. The van der Waals surface area contributed by atoms with Crippen molar-refractivity contribution < 1.29 is 21.6 Å². The number of amides is 1. The van der Waals surface area contributed by atoms with Crippen LogP contribution in [0.25, 0.3) is 0 Å². The molecule has 11 heteroatoms. The van der Waals surface area contributed by atoms with Crippen LogP contribution in [0.5, 0.6) is 0 Å². The highest BCUT2D eigenvalue weighted by Gasteiger charge is 2.40. The van der Waals surface area contributed by atoms with E-state index in [0.717, 1.165) is 11.1 Å². The lowest BCUT2D eigenvalue weighted by Gasteiger charge is -2.40. The van der Waals surface area contributed by atoms with E-state index in [1.165, 1.54) is 14.9 Å². The first kappa shape index (κ1) is 25.8. The van der Waals surface area contributed by atoms with Gasteiger partial charge in [0.25, 0.3) is 0 Å². The van der Waals surface area contributed by atoms with Crippen molar-refractivity contribution >= 4 is 26.0 Å². The molecule has 0 unspecified atom stereocenters. The van der Waals surface area contributed by atoms with Crippen molar-refractivity contribution in [1.82, 2.24) is 13.5 Å². The van der Waals surface area contributed by atoms with Crippen molar-refractivity contribution in [3.63, 3.8) is 0 Å². The maximum atomic E-state index is 13.6. The summed E-state index contributed by atoms with van der Waals surface area (Å²) < 4.78 is 53.7. The Hall–Kier alpha value is -2.31. The summed E-state index contributed by atoms with van der Waals surface area (Å²) in [6.45, 7) is 1.68. The van der Waals surface area contributed by atoms with Crippen LogP contribution < -0.4 is 5.73 Å². The van der Waals surface area contributed by atoms with Crippen LogP contribution in [-0.2, 0) is 31.4 Å². The number of piperidine rings is 1. The lowest BCUT2D eigenvalue weighted by Crippen LogP contribution is -2.54. The Morgan fingerprint density at radius 3 is 2.23 bits per heavy atom. The number of hydrogen-bond acceptors (Lipinski definition) is 6. The average molecular weight is 521 g/mol. The second-order valence-electron chi connectivity index (χ2n) is 9.20. The molecule has 35 heavy (non-hydrogen) atoms. The van der Waals surface area contributed by atoms with E-state index in [1.807, 2.05) is 30.3 Å². The van der Waals surface area contributed by atoms with Crippen LogP contribution in [0.1, 0.15) is 23.5 Å². The largest absolute Gasteiger partial charge is 0.340 e. The lowest BCUT2D eigenvalue weighted by atomic mass is 9.85. The Bertz CT molecular complexity index is 1260. The number of carbonyl (C=O) groups is 1. The first-order valence-corrected chi connectivity index (χ1v) is 15.0. The normalized spacial score (nSPS) is 22.7. The molecule has 2 aliphatic heterocycles. The number of nitrogens with zero attached hydrogens (tertiary/aromatic N) is 3. The number of benzene rings is 2. The Labute approximate surface area is 207 Å². The quantitative estimate of drug-likeness (QED) is 0.608. The fraction of sp³-hybridized carbons (Fsp3) is 0.458. The summed E-state index contributed by atoms with van der Waals surface area (Å²) >= 11 is 0. The molecule has 0 aromatic heterocycles. The van der Waals surface area contributed by atoms with Gasteiger partial charge < -0.3 is 10.6 Å². The van der Waals surface area contributed by atoms with Gasteiger partial charge in [-0.25, -0.2) is 16.8 Å². The van der Waals surface area contributed by atoms with Crippen LogP contribution in [-0.4, -0.2) is 81.8 Å². The second kappa shape index (κ2) is 10.4. The molecule has 0 radical (unpaired) electrons. The predicted octanol–water partition coefficient (Wildman–Crippen LogP) is 1.04. The first-order chi connectivity index (χ1) is 16.6. The van der Waals surface area contributed by atoms with E-state index in [9.17, 15) is 21.6 Å². The Balaban J connectivity index is 1.59. The minimum absolute atomic E-state index is 0.0869. The van der Waals surface area contributed by atoms with E-state index in [0.29, 0.717) is 19.5 Å². The molecule has 2 aromatic carbocycles. The summed E-state index contributed by atoms with van der Waals surface area (Å²) in [4.78, 5) is 15.4. The summed E-state index contributed by atoms with van der Waals surface area (Å²) in [7, 11) is -7.15. The Morgan fingerprint density at radius 2 is 1.60 bits per heavy atom. The monoisotopic (exact) mass is 520 g/mol. The van der Waals surface area contributed by atoms with Crippen molar-refractivity contribution in [2.75, 3.05) is 45.5 Å². The maximum absolute atomic E-state index is 13.6. The molecular weight excluding hydrogens is 488 g/mol. The molecule has 4 rings (SSSR count).